The van der Waals surface area contributed by atoms with Crippen molar-refractivity contribution in [2.45, 2.75) is 6.92 Å². The second-order valence-corrected chi connectivity index (χ2v) is 5.19. The third-order valence-electron chi connectivity index (χ3n) is 2.82. The van der Waals surface area contributed by atoms with E-state index < -0.39 is 0 Å². The van der Waals surface area contributed by atoms with Crippen LogP contribution in [0.5, 0.6) is 0 Å². The molecular formula is C13H12N5O2S+. The molecule has 0 atom stereocenters. The molecule has 0 radical (unpaired) electrons. The Morgan fingerprint density at radius 1 is 1.38 bits per heavy atom. The van der Waals surface area contributed by atoms with E-state index in [1.165, 1.54) is 18.4 Å². The SMILES string of the molecule is CO[N+](=O)c1ccn(-c2sc(-c3cccnc3)nc2C)n1. The lowest BCUT2D eigenvalue weighted by Gasteiger charge is -1.92. The van der Waals surface area contributed by atoms with Gasteiger partial charge in [0.2, 0.25) is 0 Å². The zero-order valence-electron chi connectivity index (χ0n) is 11.4. The molecular weight excluding hydrogens is 290 g/mol. The normalized spacial score (nSPS) is 10.6. The van der Waals surface area contributed by atoms with E-state index in [1.807, 2.05) is 19.1 Å². The Morgan fingerprint density at radius 2 is 2.24 bits per heavy atom. The van der Waals surface area contributed by atoms with Crippen molar-refractivity contribution >= 4 is 17.2 Å². The van der Waals surface area contributed by atoms with E-state index in [1.54, 1.807) is 29.3 Å². The number of nitrogens with zero attached hydrogens (tertiary/aromatic N) is 5. The van der Waals surface area contributed by atoms with E-state index in [2.05, 4.69) is 19.9 Å². The summed E-state index contributed by atoms with van der Waals surface area (Å²) in [6.45, 7) is 1.90. The third-order valence-corrected chi connectivity index (χ3v) is 4.01. The second kappa shape index (κ2) is 5.41. The fourth-order valence-corrected chi connectivity index (χ4v) is 2.82. The molecule has 0 aliphatic rings. The first-order valence-electron chi connectivity index (χ1n) is 6.14. The molecule has 3 rings (SSSR count). The van der Waals surface area contributed by atoms with Crippen molar-refractivity contribution in [1.29, 1.82) is 0 Å². The summed E-state index contributed by atoms with van der Waals surface area (Å²) in [5.41, 5.74) is 1.79. The highest BCUT2D eigenvalue weighted by Gasteiger charge is 2.21. The summed E-state index contributed by atoms with van der Waals surface area (Å²) in [5, 5.41) is 5.89. The highest BCUT2D eigenvalue weighted by Crippen LogP contribution is 2.30. The highest BCUT2D eigenvalue weighted by atomic mass is 32.1. The van der Waals surface area contributed by atoms with Crippen molar-refractivity contribution in [1.82, 2.24) is 19.7 Å². The fraction of sp³-hybridized carbons (Fsp3) is 0.154. The predicted octanol–water partition coefficient (Wildman–Crippen LogP) is 2.67. The quantitative estimate of drug-likeness (QED) is 0.693. The first kappa shape index (κ1) is 13.4. The van der Waals surface area contributed by atoms with E-state index in [0.29, 0.717) is 4.92 Å². The number of aromatic nitrogens is 4. The van der Waals surface area contributed by atoms with Crippen molar-refractivity contribution in [3.8, 4) is 15.6 Å². The summed E-state index contributed by atoms with van der Waals surface area (Å²) in [6.07, 6.45) is 5.19. The molecule has 3 heterocycles. The molecule has 0 aliphatic carbocycles. The van der Waals surface area contributed by atoms with Crippen LogP contribution < -0.4 is 0 Å². The van der Waals surface area contributed by atoms with Gasteiger partial charge in [0.15, 0.2) is 9.92 Å². The van der Waals surface area contributed by atoms with Crippen LogP contribution in [0.4, 0.5) is 5.82 Å². The molecule has 0 aromatic carbocycles. The molecule has 21 heavy (non-hydrogen) atoms. The summed E-state index contributed by atoms with van der Waals surface area (Å²) >= 11 is 1.49. The van der Waals surface area contributed by atoms with Gasteiger partial charge in [0.25, 0.3) is 0 Å². The smallest absolute Gasteiger partial charge is 0.302 e. The molecule has 106 valence electrons. The molecule has 3 aromatic rings. The Labute approximate surface area is 124 Å². The lowest BCUT2D eigenvalue weighted by atomic mass is 10.3. The maximum absolute atomic E-state index is 11.4. The van der Waals surface area contributed by atoms with Gasteiger partial charge in [-0.15, -0.1) is 4.68 Å². The Kier molecular flexibility index (Phi) is 3.44. The van der Waals surface area contributed by atoms with E-state index in [4.69, 9.17) is 0 Å². The molecule has 0 unspecified atom stereocenters. The van der Waals surface area contributed by atoms with E-state index in [0.717, 1.165) is 21.3 Å². The van der Waals surface area contributed by atoms with Gasteiger partial charge in [-0.2, -0.15) is 0 Å². The minimum Gasteiger partial charge on any atom is -0.302 e. The van der Waals surface area contributed by atoms with Gasteiger partial charge in [0.1, 0.15) is 12.1 Å². The average Bonchev–Trinajstić information content (AvgIpc) is 3.14. The number of aryl methyl sites for hydroxylation is 1. The van der Waals surface area contributed by atoms with Crippen LogP contribution >= 0.6 is 11.3 Å². The Balaban J connectivity index is 1.98. The molecule has 3 aromatic heterocycles. The molecule has 7 nitrogen and oxygen atoms in total. The van der Waals surface area contributed by atoms with Crippen molar-refractivity contribution < 1.29 is 9.76 Å². The molecule has 0 aliphatic heterocycles. The topological polar surface area (TPSA) is 72.9 Å². The van der Waals surface area contributed by atoms with Gasteiger partial charge in [-0.05, 0) is 24.0 Å². The van der Waals surface area contributed by atoms with Crippen LogP contribution in [0.2, 0.25) is 0 Å². The number of rotatable bonds is 4. The van der Waals surface area contributed by atoms with Gasteiger partial charge in [-0.25, -0.2) is 4.98 Å². The van der Waals surface area contributed by atoms with Gasteiger partial charge in [0, 0.05) is 18.0 Å². The number of pyridine rings is 1. The van der Waals surface area contributed by atoms with Gasteiger partial charge < -0.3 is 4.84 Å². The summed E-state index contributed by atoms with van der Waals surface area (Å²) < 4.78 is 1.62. The van der Waals surface area contributed by atoms with E-state index in [9.17, 15) is 4.91 Å². The van der Waals surface area contributed by atoms with Crippen LogP contribution in [-0.4, -0.2) is 31.8 Å². The van der Waals surface area contributed by atoms with Gasteiger partial charge in [-0.1, -0.05) is 11.3 Å². The maximum Gasteiger partial charge on any atom is 0.434 e. The Hall–Kier alpha value is -2.61. The summed E-state index contributed by atoms with van der Waals surface area (Å²) in [7, 11) is 1.30. The largest absolute Gasteiger partial charge is 0.434 e. The molecule has 0 amide bonds. The first-order valence-corrected chi connectivity index (χ1v) is 6.96. The van der Waals surface area contributed by atoms with E-state index >= 15 is 0 Å². The Bertz CT molecular complexity index is 781. The summed E-state index contributed by atoms with van der Waals surface area (Å²) in [5.74, 6) is 0.188. The zero-order valence-corrected chi connectivity index (χ0v) is 12.2. The highest BCUT2D eigenvalue weighted by molar-refractivity contribution is 7.17. The molecule has 0 saturated heterocycles. The third kappa shape index (κ3) is 2.52. The molecule has 0 fully saturated rings. The van der Waals surface area contributed by atoms with Crippen LogP contribution in [0.3, 0.4) is 0 Å². The molecule has 0 N–H and O–H groups in total. The van der Waals surface area contributed by atoms with Crippen molar-refractivity contribution in [3.63, 3.8) is 0 Å². The van der Waals surface area contributed by atoms with E-state index in [-0.39, 0.29) is 5.82 Å². The Morgan fingerprint density at radius 3 is 2.95 bits per heavy atom. The average molecular weight is 302 g/mol. The lowest BCUT2D eigenvalue weighted by molar-refractivity contribution is -0.739. The number of thiazole rings is 1. The zero-order chi connectivity index (χ0) is 14.8. The summed E-state index contributed by atoms with van der Waals surface area (Å²) in [4.78, 5) is 24.9. The monoisotopic (exact) mass is 302 g/mol. The van der Waals surface area contributed by atoms with Crippen LogP contribution in [0, 0.1) is 11.8 Å². The van der Waals surface area contributed by atoms with Gasteiger partial charge in [-0.3, -0.25) is 4.98 Å². The molecule has 8 heteroatoms. The molecule has 0 saturated carbocycles. The number of hydrogen-bond donors (Lipinski definition) is 0. The van der Waals surface area contributed by atoms with Crippen molar-refractivity contribution in [3.05, 3.63) is 47.4 Å². The minimum atomic E-state index is 0.188. The standard InChI is InChI=1S/C13H12N5O2S/c1-9-13(17-7-5-11(16-17)18(19)20-2)21-12(15-9)10-4-3-6-14-8-10/h3-8H,1-2H3/q+1. The van der Waals surface area contributed by atoms with Crippen molar-refractivity contribution in [2.24, 2.45) is 0 Å². The van der Waals surface area contributed by atoms with Crippen LogP contribution in [0.25, 0.3) is 15.6 Å². The molecule has 0 bridgehead atoms. The first-order chi connectivity index (χ1) is 10.2. The van der Waals surface area contributed by atoms with Crippen molar-refractivity contribution in [2.75, 3.05) is 7.11 Å². The van der Waals surface area contributed by atoms with Crippen LogP contribution in [0.1, 0.15) is 5.69 Å². The number of hydrogen-bond acceptors (Lipinski definition) is 6. The fourth-order valence-electron chi connectivity index (χ4n) is 1.83. The second-order valence-electron chi connectivity index (χ2n) is 4.21. The predicted molar refractivity (Wildman–Crippen MR) is 77.5 cm³/mol. The van der Waals surface area contributed by atoms with Crippen LogP contribution in [-0.2, 0) is 4.84 Å². The summed E-state index contributed by atoms with van der Waals surface area (Å²) in [6, 6.07) is 5.40. The lowest BCUT2D eigenvalue weighted by Crippen LogP contribution is -2.00. The van der Waals surface area contributed by atoms with Gasteiger partial charge >= 0.3 is 5.82 Å². The van der Waals surface area contributed by atoms with Crippen LogP contribution in [0.15, 0.2) is 36.8 Å². The minimum absolute atomic E-state index is 0.188. The van der Waals surface area contributed by atoms with Gasteiger partial charge in [0.05, 0.1) is 23.1 Å². The maximum atomic E-state index is 11.4. The molecule has 0 spiro atoms.